The van der Waals surface area contributed by atoms with Crippen molar-refractivity contribution < 1.29 is 37.8 Å². The number of pyridine rings is 1. The van der Waals surface area contributed by atoms with Gasteiger partial charge in [0.1, 0.15) is 11.3 Å². The van der Waals surface area contributed by atoms with Crippen molar-refractivity contribution in [3.05, 3.63) is 71.2 Å². The molecule has 0 saturated heterocycles. The van der Waals surface area contributed by atoms with Crippen LogP contribution in [0.25, 0.3) is 5.65 Å². The van der Waals surface area contributed by atoms with Crippen LogP contribution in [0.15, 0.2) is 48.7 Å². The molecule has 36 heavy (non-hydrogen) atoms. The second-order valence-electron chi connectivity index (χ2n) is 8.96. The molecule has 0 bridgehead atoms. The zero-order chi connectivity index (χ0) is 26.6. The van der Waals surface area contributed by atoms with Crippen LogP contribution in [-0.2, 0) is 22.2 Å². The number of carbonyl (C=O) groups is 3. The molecule has 1 aromatic carbocycles. The molecule has 3 aromatic rings. The molecule has 0 aliphatic carbocycles. The first-order chi connectivity index (χ1) is 16.9. The summed E-state index contributed by atoms with van der Waals surface area (Å²) >= 11 is 0. The summed E-state index contributed by atoms with van der Waals surface area (Å²) < 4.78 is 40.2. The SMILES string of the molecule is CC(C)CC(CNC(=O)c1cccc2nc(CC(C(=O)O)C(=O)O)cn12)c1ccc(C(F)(F)F)cc1. The highest BCUT2D eigenvalue weighted by Gasteiger charge is 2.30. The van der Waals surface area contributed by atoms with Crippen molar-refractivity contribution in [2.45, 2.75) is 38.8 Å². The Balaban J connectivity index is 1.79. The third-order valence-corrected chi connectivity index (χ3v) is 5.76. The second-order valence-corrected chi connectivity index (χ2v) is 8.96. The molecule has 0 saturated carbocycles. The number of halogens is 3. The molecule has 2 heterocycles. The van der Waals surface area contributed by atoms with Crippen molar-refractivity contribution in [2.75, 3.05) is 6.54 Å². The molecule has 0 spiro atoms. The average Bonchev–Trinajstić information content (AvgIpc) is 3.21. The molecule has 0 fully saturated rings. The van der Waals surface area contributed by atoms with Gasteiger partial charge in [0, 0.05) is 25.1 Å². The lowest BCUT2D eigenvalue weighted by molar-refractivity contribution is -0.154. The van der Waals surface area contributed by atoms with E-state index in [1.165, 1.54) is 28.8 Å². The lowest BCUT2D eigenvalue weighted by Gasteiger charge is -2.21. The standard InChI is InChI=1S/C25H26F3N3O5/c1-14(2)10-16(15-6-8-17(9-7-15)25(26,27)28)12-29-22(32)20-4-3-5-21-30-18(13-31(20)21)11-19(23(33)34)24(35)36/h3-9,13-14,16,19H,10-12H2,1-2H3,(H,29,32)(H,33,34)(H,35,36). The predicted octanol–water partition coefficient (Wildman–Crippen LogP) is 4.24. The first kappa shape index (κ1) is 26.7. The van der Waals surface area contributed by atoms with Crippen molar-refractivity contribution in [3.63, 3.8) is 0 Å². The molecule has 0 radical (unpaired) electrons. The molecule has 192 valence electrons. The summed E-state index contributed by atoms with van der Waals surface area (Å²) in [5, 5.41) is 21.1. The van der Waals surface area contributed by atoms with E-state index in [0.29, 0.717) is 17.6 Å². The quantitative estimate of drug-likeness (QED) is 0.355. The van der Waals surface area contributed by atoms with Crippen LogP contribution in [0.4, 0.5) is 13.2 Å². The summed E-state index contributed by atoms with van der Waals surface area (Å²) in [5.41, 5.74) is 0.674. The van der Waals surface area contributed by atoms with Crippen molar-refractivity contribution in [3.8, 4) is 0 Å². The molecule has 0 aliphatic rings. The molecule has 1 atom stereocenters. The van der Waals surface area contributed by atoms with Gasteiger partial charge in [-0.3, -0.25) is 18.8 Å². The number of benzene rings is 1. The molecule has 3 N–H and O–H groups in total. The van der Waals surface area contributed by atoms with Crippen molar-refractivity contribution in [1.29, 1.82) is 0 Å². The number of rotatable bonds is 10. The Bertz CT molecular complexity index is 1240. The van der Waals surface area contributed by atoms with Gasteiger partial charge in [-0.05, 0) is 42.2 Å². The zero-order valence-corrected chi connectivity index (χ0v) is 19.6. The van der Waals surface area contributed by atoms with E-state index in [0.717, 1.165) is 12.1 Å². The summed E-state index contributed by atoms with van der Waals surface area (Å²) in [7, 11) is 0. The summed E-state index contributed by atoms with van der Waals surface area (Å²) in [6.45, 7) is 4.14. The van der Waals surface area contributed by atoms with Crippen LogP contribution >= 0.6 is 0 Å². The lowest BCUT2D eigenvalue weighted by Crippen LogP contribution is -2.30. The number of carbonyl (C=O) groups excluding carboxylic acids is 1. The molecular weight excluding hydrogens is 479 g/mol. The van der Waals surface area contributed by atoms with Gasteiger partial charge < -0.3 is 15.5 Å². The number of nitrogens with one attached hydrogen (secondary N) is 1. The number of carboxylic acids is 2. The van der Waals surface area contributed by atoms with Gasteiger partial charge in [-0.1, -0.05) is 32.0 Å². The first-order valence-corrected chi connectivity index (χ1v) is 11.2. The average molecular weight is 505 g/mol. The Morgan fingerprint density at radius 2 is 1.67 bits per heavy atom. The molecule has 1 unspecified atom stereocenters. The summed E-state index contributed by atoms with van der Waals surface area (Å²) in [6.07, 6.45) is -2.73. The minimum Gasteiger partial charge on any atom is -0.481 e. The third kappa shape index (κ3) is 6.41. The fourth-order valence-corrected chi connectivity index (χ4v) is 3.99. The van der Waals surface area contributed by atoms with E-state index in [9.17, 15) is 27.6 Å². The molecule has 8 nitrogen and oxygen atoms in total. The van der Waals surface area contributed by atoms with Crippen LogP contribution in [-0.4, -0.2) is 44.0 Å². The largest absolute Gasteiger partial charge is 0.481 e. The Morgan fingerprint density at radius 3 is 2.22 bits per heavy atom. The minimum absolute atomic E-state index is 0.181. The van der Waals surface area contributed by atoms with Gasteiger partial charge in [-0.25, -0.2) is 4.98 Å². The highest BCUT2D eigenvalue weighted by molar-refractivity contribution is 5.94. The number of nitrogens with zero attached hydrogens (tertiary/aromatic N) is 2. The fourth-order valence-electron chi connectivity index (χ4n) is 3.99. The van der Waals surface area contributed by atoms with E-state index in [1.807, 2.05) is 13.8 Å². The minimum atomic E-state index is -4.43. The number of hydrogen-bond donors (Lipinski definition) is 3. The van der Waals surface area contributed by atoms with Gasteiger partial charge in [-0.2, -0.15) is 13.2 Å². The van der Waals surface area contributed by atoms with Crippen LogP contribution in [0.1, 0.15) is 53.5 Å². The number of amides is 1. The number of aromatic nitrogens is 2. The van der Waals surface area contributed by atoms with E-state index in [4.69, 9.17) is 10.2 Å². The highest BCUT2D eigenvalue weighted by Crippen LogP contribution is 2.31. The molecule has 11 heteroatoms. The molecule has 3 rings (SSSR count). The predicted molar refractivity (Wildman–Crippen MR) is 124 cm³/mol. The normalized spacial score (nSPS) is 12.8. The number of imidazole rings is 1. The summed E-state index contributed by atoms with van der Waals surface area (Å²) in [6, 6.07) is 9.63. The first-order valence-electron chi connectivity index (χ1n) is 11.2. The number of hydrogen-bond acceptors (Lipinski definition) is 4. The van der Waals surface area contributed by atoms with Gasteiger partial charge in [0.2, 0.25) is 0 Å². The Labute approximate surface area is 204 Å². The maximum absolute atomic E-state index is 13.0. The van der Waals surface area contributed by atoms with Crippen LogP contribution in [0, 0.1) is 11.8 Å². The van der Waals surface area contributed by atoms with Gasteiger partial charge in [-0.15, -0.1) is 0 Å². The monoisotopic (exact) mass is 505 g/mol. The van der Waals surface area contributed by atoms with Gasteiger partial charge in [0.25, 0.3) is 5.91 Å². The van der Waals surface area contributed by atoms with Crippen LogP contribution in [0.5, 0.6) is 0 Å². The van der Waals surface area contributed by atoms with Gasteiger partial charge in [0.05, 0.1) is 11.3 Å². The van der Waals surface area contributed by atoms with E-state index in [-0.39, 0.29) is 36.2 Å². The summed E-state index contributed by atoms with van der Waals surface area (Å²) in [5.74, 6) is -5.11. The van der Waals surface area contributed by atoms with E-state index < -0.39 is 35.5 Å². The second kappa shape index (κ2) is 10.8. The highest BCUT2D eigenvalue weighted by atomic mass is 19.4. The molecular formula is C25H26F3N3O5. The smallest absolute Gasteiger partial charge is 0.416 e. The number of carboxylic acid groups (broad SMARTS) is 2. The number of fused-ring (bicyclic) bond motifs is 1. The maximum atomic E-state index is 13.0. The zero-order valence-electron chi connectivity index (χ0n) is 19.6. The topological polar surface area (TPSA) is 121 Å². The summed E-state index contributed by atoms with van der Waals surface area (Å²) in [4.78, 5) is 39.7. The Morgan fingerprint density at radius 1 is 1.03 bits per heavy atom. The van der Waals surface area contributed by atoms with Crippen LogP contribution in [0.3, 0.4) is 0 Å². The third-order valence-electron chi connectivity index (χ3n) is 5.76. The lowest BCUT2D eigenvalue weighted by atomic mass is 9.89. The van der Waals surface area contributed by atoms with Gasteiger partial charge in [0.15, 0.2) is 5.92 Å². The van der Waals surface area contributed by atoms with Crippen molar-refractivity contribution in [2.24, 2.45) is 11.8 Å². The van der Waals surface area contributed by atoms with Crippen LogP contribution in [0.2, 0.25) is 0 Å². The van der Waals surface area contributed by atoms with E-state index in [1.54, 1.807) is 12.1 Å². The molecule has 1 amide bonds. The molecule has 0 aliphatic heterocycles. The van der Waals surface area contributed by atoms with Crippen molar-refractivity contribution in [1.82, 2.24) is 14.7 Å². The van der Waals surface area contributed by atoms with Gasteiger partial charge >= 0.3 is 18.1 Å². The Kier molecular flexibility index (Phi) is 8.01. The Hall–Kier alpha value is -3.89. The van der Waals surface area contributed by atoms with Crippen LogP contribution < -0.4 is 5.32 Å². The van der Waals surface area contributed by atoms with E-state index >= 15 is 0 Å². The number of aliphatic carboxylic acids is 2. The number of alkyl halides is 3. The maximum Gasteiger partial charge on any atom is 0.416 e. The fraction of sp³-hybridized carbons (Fsp3) is 0.360. The van der Waals surface area contributed by atoms with E-state index in [2.05, 4.69) is 10.3 Å². The molecule has 2 aromatic heterocycles. The van der Waals surface area contributed by atoms with Crippen molar-refractivity contribution >= 4 is 23.5 Å².